The van der Waals surface area contributed by atoms with Gasteiger partial charge in [0.15, 0.2) is 0 Å². The minimum Gasteiger partial charge on any atom is -0.206 e. The number of sulfonamides is 1. The Balaban J connectivity index is 2.08. The minimum absolute atomic E-state index is 0.0786. The highest BCUT2D eigenvalue weighted by Crippen LogP contribution is 2.29. The van der Waals surface area contributed by atoms with E-state index in [1.54, 1.807) is 11.4 Å². The van der Waals surface area contributed by atoms with E-state index >= 15 is 0 Å². The summed E-state index contributed by atoms with van der Waals surface area (Å²) in [5.74, 6) is 0. The second-order valence-corrected chi connectivity index (χ2v) is 7.81. The molecule has 0 saturated carbocycles. The third-order valence-corrected chi connectivity index (χ3v) is 6.65. The van der Waals surface area contributed by atoms with Crippen LogP contribution in [0.15, 0.2) is 44.4 Å². The summed E-state index contributed by atoms with van der Waals surface area (Å²) in [6.45, 7) is -0.0786. The first-order valence-corrected chi connectivity index (χ1v) is 8.74. The molecule has 0 fully saturated rings. The van der Waals surface area contributed by atoms with Gasteiger partial charge in [0, 0.05) is 11.0 Å². The maximum Gasteiger partial charge on any atom is 0.416 e. The molecule has 0 aliphatic carbocycles. The van der Waals surface area contributed by atoms with Gasteiger partial charge in [-0.3, -0.25) is 0 Å². The van der Waals surface area contributed by atoms with Crippen LogP contribution < -0.4 is 4.72 Å². The van der Waals surface area contributed by atoms with E-state index in [2.05, 4.69) is 20.7 Å². The minimum atomic E-state index is -4.40. The average molecular weight is 400 g/mol. The first-order chi connectivity index (χ1) is 9.70. The average Bonchev–Trinajstić information content (AvgIpc) is 2.83. The smallest absolute Gasteiger partial charge is 0.206 e. The van der Waals surface area contributed by atoms with Crippen LogP contribution in [0, 0.1) is 0 Å². The number of alkyl halides is 3. The summed E-state index contributed by atoms with van der Waals surface area (Å²) in [5, 5.41) is 1.62. The Labute approximate surface area is 132 Å². The third-order valence-electron chi connectivity index (χ3n) is 2.58. The van der Waals surface area contributed by atoms with E-state index in [4.69, 9.17) is 0 Å². The van der Waals surface area contributed by atoms with Crippen molar-refractivity contribution in [2.45, 2.75) is 16.9 Å². The molecule has 1 heterocycles. The van der Waals surface area contributed by atoms with Gasteiger partial charge in [-0.15, -0.1) is 11.3 Å². The molecule has 1 N–H and O–H groups in total. The van der Waals surface area contributed by atoms with Gasteiger partial charge in [-0.05, 0) is 45.1 Å². The summed E-state index contributed by atoms with van der Waals surface area (Å²) in [4.78, 5) is 0. The summed E-state index contributed by atoms with van der Waals surface area (Å²) >= 11 is 4.18. The van der Waals surface area contributed by atoms with Crippen molar-refractivity contribution in [2.24, 2.45) is 0 Å². The number of hydrogen-bond donors (Lipinski definition) is 1. The molecule has 9 heteroatoms. The van der Waals surface area contributed by atoms with Crippen molar-refractivity contribution in [1.29, 1.82) is 0 Å². The van der Waals surface area contributed by atoms with Gasteiger partial charge in [0.25, 0.3) is 10.0 Å². The van der Waals surface area contributed by atoms with Crippen LogP contribution in [0.5, 0.6) is 0 Å². The van der Waals surface area contributed by atoms with E-state index in [0.717, 1.165) is 23.5 Å². The van der Waals surface area contributed by atoms with Gasteiger partial charge in [0.2, 0.25) is 0 Å². The highest BCUT2D eigenvalue weighted by Gasteiger charge is 2.30. The molecule has 3 nitrogen and oxygen atoms in total. The summed E-state index contributed by atoms with van der Waals surface area (Å²) in [6, 6.07) is 5.94. The highest BCUT2D eigenvalue weighted by atomic mass is 79.9. The van der Waals surface area contributed by atoms with Gasteiger partial charge in [0.1, 0.15) is 4.21 Å². The highest BCUT2D eigenvalue weighted by molar-refractivity contribution is 9.10. The Bertz CT molecular complexity index is 724. The van der Waals surface area contributed by atoms with Crippen LogP contribution in [0.4, 0.5) is 13.2 Å². The molecule has 1 aromatic heterocycles. The lowest BCUT2D eigenvalue weighted by Gasteiger charge is -2.08. The van der Waals surface area contributed by atoms with E-state index in [1.165, 1.54) is 12.1 Å². The Morgan fingerprint density at radius 2 is 1.76 bits per heavy atom. The van der Waals surface area contributed by atoms with Gasteiger partial charge in [-0.1, -0.05) is 12.1 Å². The molecule has 21 heavy (non-hydrogen) atoms. The molecule has 2 aromatic rings. The molecule has 1 aromatic carbocycles. The molecule has 0 aliphatic heterocycles. The van der Waals surface area contributed by atoms with Crippen LogP contribution in [0.3, 0.4) is 0 Å². The molecule has 0 saturated heterocycles. The Kier molecular flexibility index (Phi) is 4.76. The second-order valence-electron chi connectivity index (χ2n) is 4.08. The number of halogens is 4. The van der Waals surface area contributed by atoms with Crippen LogP contribution in [0.2, 0.25) is 0 Å². The van der Waals surface area contributed by atoms with E-state index in [9.17, 15) is 21.6 Å². The number of nitrogens with one attached hydrogen (secondary N) is 1. The van der Waals surface area contributed by atoms with Gasteiger partial charge in [0.05, 0.1) is 5.56 Å². The first kappa shape index (κ1) is 16.5. The number of hydrogen-bond acceptors (Lipinski definition) is 3. The molecule has 114 valence electrons. The van der Waals surface area contributed by atoms with E-state index in [1.807, 2.05) is 0 Å². The maximum absolute atomic E-state index is 12.4. The van der Waals surface area contributed by atoms with E-state index in [-0.39, 0.29) is 10.8 Å². The summed E-state index contributed by atoms with van der Waals surface area (Å²) in [7, 11) is -3.68. The molecule has 0 aliphatic rings. The number of benzene rings is 1. The monoisotopic (exact) mass is 399 g/mol. The third kappa shape index (κ3) is 4.06. The lowest BCUT2D eigenvalue weighted by molar-refractivity contribution is -0.137. The molecule has 0 spiro atoms. The number of thiophene rings is 1. The Morgan fingerprint density at radius 3 is 2.24 bits per heavy atom. The van der Waals surface area contributed by atoms with Gasteiger partial charge in [-0.25, -0.2) is 13.1 Å². The zero-order chi connectivity index (χ0) is 15.7. The van der Waals surface area contributed by atoms with Crippen molar-refractivity contribution in [1.82, 2.24) is 4.72 Å². The van der Waals surface area contributed by atoms with E-state index in [0.29, 0.717) is 10.0 Å². The molecular weight excluding hydrogens is 391 g/mol. The van der Waals surface area contributed by atoms with Gasteiger partial charge >= 0.3 is 6.18 Å². The fourth-order valence-electron chi connectivity index (χ4n) is 1.53. The molecule has 0 atom stereocenters. The fraction of sp³-hybridized carbons (Fsp3) is 0.167. The number of rotatable bonds is 4. The van der Waals surface area contributed by atoms with Crippen molar-refractivity contribution >= 4 is 37.3 Å². The molecular formula is C12H9BrF3NO2S2. The van der Waals surface area contributed by atoms with Crippen LogP contribution >= 0.6 is 27.3 Å². The van der Waals surface area contributed by atoms with Crippen LogP contribution in [0.25, 0.3) is 0 Å². The normalized spacial score (nSPS) is 12.6. The quantitative estimate of drug-likeness (QED) is 0.843. The second kappa shape index (κ2) is 6.07. The Morgan fingerprint density at radius 1 is 1.14 bits per heavy atom. The molecule has 0 unspecified atom stereocenters. The van der Waals surface area contributed by atoms with Crippen molar-refractivity contribution in [2.75, 3.05) is 0 Å². The largest absolute Gasteiger partial charge is 0.416 e. The SMILES string of the molecule is O=S(=O)(NCc1ccc(C(F)(F)F)cc1)c1sccc1Br. The van der Waals surface area contributed by atoms with E-state index < -0.39 is 21.8 Å². The van der Waals surface area contributed by atoms with Crippen LogP contribution in [0.1, 0.15) is 11.1 Å². The predicted octanol–water partition coefficient (Wildman–Crippen LogP) is 4.01. The summed E-state index contributed by atoms with van der Waals surface area (Å²) < 4.78 is 64.2. The van der Waals surface area contributed by atoms with Gasteiger partial charge in [-0.2, -0.15) is 13.2 Å². The van der Waals surface area contributed by atoms with Crippen LogP contribution in [-0.2, 0) is 22.7 Å². The Hall–Kier alpha value is -0.900. The first-order valence-electron chi connectivity index (χ1n) is 5.59. The molecule has 0 radical (unpaired) electrons. The lowest BCUT2D eigenvalue weighted by Crippen LogP contribution is -2.22. The predicted molar refractivity (Wildman–Crippen MR) is 77.5 cm³/mol. The maximum atomic E-state index is 12.4. The fourth-order valence-corrected chi connectivity index (χ4v) is 4.92. The standard InChI is InChI=1S/C12H9BrF3NO2S2/c13-10-5-6-20-11(10)21(18,19)17-7-8-1-3-9(4-2-8)12(14,15)16/h1-6,17H,7H2. The zero-order valence-electron chi connectivity index (χ0n) is 10.3. The topological polar surface area (TPSA) is 46.2 Å². The summed E-state index contributed by atoms with van der Waals surface area (Å²) in [5.41, 5.74) is -0.325. The molecule has 2 rings (SSSR count). The molecule has 0 amide bonds. The van der Waals surface area contributed by atoms with Crippen molar-refractivity contribution in [3.05, 3.63) is 51.3 Å². The van der Waals surface area contributed by atoms with Crippen molar-refractivity contribution < 1.29 is 21.6 Å². The summed E-state index contributed by atoms with van der Waals surface area (Å²) in [6.07, 6.45) is -4.40. The zero-order valence-corrected chi connectivity index (χ0v) is 13.5. The lowest BCUT2D eigenvalue weighted by atomic mass is 10.1. The van der Waals surface area contributed by atoms with Crippen molar-refractivity contribution in [3.63, 3.8) is 0 Å². The van der Waals surface area contributed by atoms with Crippen LogP contribution in [-0.4, -0.2) is 8.42 Å². The molecule has 0 bridgehead atoms. The van der Waals surface area contributed by atoms with Gasteiger partial charge < -0.3 is 0 Å². The van der Waals surface area contributed by atoms with Crippen molar-refractivity contribution in [3.8, 4) is 0 Å².